The van der Waals surface area contributed by atoms with Gasteiger partial charge in [0, 0.05) is 30.1 Å². The van der Waals surface area contributed by atoms with Gasteiger partial charge in [-0.25, -0.2) is 4.79 Å². The molecule has 1 saturated heterocycles. The summed E-state index contributed by atoms with van der Waals surface area (Å²) in [4.78, 5) is 52.4. The molecule has 2 aliphatic rings. The summed E-state index contributed by atoms with van der Waals surface area (Å²) in [5.74, 6) is -1.35. The van der Waals surface area contributed by atoms with Crippen LogP contribution in [0.1, 0.15) is 97.9 Å². The minimum atomic E-state index is -4.46. The van der Waals surface area contributed by atoms with E-state index < -0.39 is 23.6 Å². The number of fused-ring (bicyclic) bond motifs is 3. The zero-order valence-corrected chi connectivity index (χ0v) is 25.9. The molecule has 0 spiro atoms. The molecule has 2 aromatic carbocycles. The zero-order valence-electron chi connectivity index (χ0n) is 25.9. The van der Waals surface area contributed by atoms with E-state index in [2.05, 4.69) is 10.3 Å². The number of alkyl halides is 3. The summed E-state index contributed by atoms with van der Waals surface area (Å²) in [6.45, 7) is 4.12. The van der Waals surface area contributed by atoms with Gasteiger partial charge < -0.3 is 15.0 Å². The molecule has 2 aromatic heterocycles. The van der Waals surface area contributed by atoms with Crippen LogP contribution in [0.3, 0.4) is 0 Å². The van der Waals surface area contributed by atoms with E-state index in [1.165, 1.54) is 12.1 Å². The number of carbonyl (C=O) groups excluding carboxylic acids is 3. The monoisotopic (exact) mass is 642 g/mol. The number of esters is 1. The summed E-state index contributed by atoms with van der Waals surface area (Å²) in [7, 11) is 0. The second-order valence-corrected chi connectivity index (χ2v) is 11.7. The van der Waals surface area contributed by atoms with Gasteiger partial charge in [0.1, 0.15) is 0 Å². The van der Waals surface area contributed by atoms with Crippen molar-refractivity contribution in [3.8, 4) is 11.1 Å². The zero-order chi connectivity index (χ0) is 33.3. The summed E-state index contributed by atoms with van der Waals surface area (Å²) >= 11 is 0. The van der Waals surface area contributed by atoms with Gasteiger partial charge in [0.25, 0.3) is 11.8 Å². The van der Waals surface area contributed by atoms with E-state index in [0.717, 1.165) is 24.1 Å². The Bertz CT molecular complexity index is 1830. The predicted octanol–water partition coefficient (Wildman–Crippen LogP) is 6.91. The number of nitrogens with zero attached hydrogens (tertiary/aromatic N) is 3. The smallest absolute Gasteiger partial charge is 0.416 e. The van der Waals surface area contributed by atoms with Crippen molar-refractivity contribution in [1.29, 1.82) is 0 Å². The number of hydrogen-bond donors (Lipinski definition) is 1. The maximum atomic E-state index is 14.0. The van der Waals surface area contributed by atoms with Gasteiger partial charge in [0.05, 0.1) is 46.8 Å². The van der Waals surface area contributed by atoms with Crippen molar-refractivity contribution in [2.45, 2.75) is 57.8 Å². The fourth-order valence-electron chi connectivity index (χ4n) is 6.46. The van der Waals surface area contributed by atoms with E-state index in [4.69, 9.17) is 9.72 Å². The number of carbonyl (C=O) groups is 3. The first-order valence-corrected chi connectivity index (χ1v) is 15.6. The fraction of sp³-hybridized carbons (Fsp3) is 0.306. The van der Waals surface area contributed by atoms with Gasteiger partial charge in [-0.05, 0) is 86.6 Å². The van der Waals surface area contributed by atoms with Crippen molar-refractivity contribution in [2.75, 3.05) is 13.2 Å². The molecule has 11 heteroatoms. The molecule has 2 amide bonds. The Morgan fingerprint density at radius 2 is 1.74 bits per heavy atom. The molecule has 0 radical (unpaired) electrons. The predicted molar refractivity (Wildman–Crippen MR) is 168 cm³/mol. The molecule has 0 aliphatic carbocycles. The summed E-state index contributed by atoms with van der Waals surface area (Å²) in [5, 5.41) is 3.02. The molecular formula is C36H33F3N4O4. The number of pyridine rings is 2. The van der Waals surface area contributed by atoms with E-state index in [-0.39, 0.29) is 59.7 Å². The second kappa shape index (κ2) is 13.0. The van der Waals surface area contributed by atoms with Crippen LogP contribution < -0.4 is 5.32 Å². The highest BCUT2D eigenvalue weighted by molar-refractivity contribution is 6.13. The lowest BCUT2D eigenvalue weighted by Crippen LogP contribution is -2.27. The van der Waals surface area contributed by atoms with Crippen LogP contribution in [0, 0.1) is 0 Å². The molecule has 47 heavy (non-hydrogen) atoms. The van der Waals surface area contributed by atoms with Crippen molar-refractivity contribution >= 4 is 17.8 Å². The normalized spacial score (nSPS) is 16.1. The highest BCUT2D eigenvalue weighted by Gasteiger charge is 2.45. The minimum Gasteiger partial charge on any atom is -0.462 e. The Hall–Kier alpha value is -5.06. The number of nitrogens with one attached hydrogen (secondary N) is 1. The van der Waals surface area contributed by atoms with Crippen molar-refractivity contribution in [3.05, 3.63) is 118 Å². The molecule has 2 aliphatic heterocycles. The van der Waals surface area contributed by atoms with Crippen molar-refractivity contribution in [1.82, 2.24) is 20.2 Å². The summed E-state index contributed by atoms with van der Waals surface area (Å²) < 4.78 is 45.0. The Morgan fingerprint density at radius 1 is 1.02 bits per heavy atom. The summed E-state index contributed by atoms with van der Waals surface area (Å²) in [6.07, 6.45) is 0.802. The first-order chi connectivity index (χ1) is 22.6. The van der Waals surface area contributed by atoms with Gasteiger partial charge in [0.2, 0.25) is 0 Å². The SMILES string of the molecule is CCOC(=O)c1c(CCc2ccc(C(F)(F)F)cc2)nc2c(c1-c1ccccc1C(=O)N[C@H](C)c1ccncc1)C(=O)N1CCC[C@@H]21. The highest BCUT2D eigenvalue weighted by Crippen LogP contribution is 2.46. The summed E-state index contributed by atoms with van der Waals surface area (Å²) in [6, 6.07) is 14.7. The van der Waals surface area contributed by atoms with Crippen LogP contribution in [0.4, 0.5) is 13.2 Å². The van der Waals surface area contributed by atoms with E-state index in [1.54, 1.807) is 60.6 Å². The van der Waals surface area contributed by atoms with E-state index in [0.29, 0.717) is 35.5 Å². The first-order valence-electron chi connectivity index (χ1n) is 15.6. The van der Waals surface area contributed by atoms with Gasteiger partial charge >= 0.3 is 12.1 Å². The van der Waals surface area contributed by atoms with Crippen molar-refractivity contribution in [2.24, 2.45) is 0 Å². The maximum absolute atomic E-state index is 14.0. The van der Waals surface area contributed by atoms with Gasteiger partial charge in [0.15, 0.2) is 0 Å². The molecule has 2 atom stereocenters. The van der Waals surface area contributed by atoms with Gasteiger partial charge in [-0.15, -0.1) is 0 Å². The number of halogens is 3. The number of hydrogen-bond acceptors (Lipinski definition) is 6. The first kappa shape index (κ1) is 31.9. The largest absolute Gasteiger partial charge is 0.462 e. The Kier molecular flexibility index (Phi) is 8.81. The Labute approximate surface area is 270 Å². The van der Waals surface area contributed by atoms with Gasteiger partial charge in [-0.3, -0.25) is 19.6 Å². The Balaban J connectivity index is 1.48. The lowest BCUT2D eigenvalue weighted by molar-refractivity contribution is -0.137. The van der Waals surface area contributed by atoms with E-state index in [1.807, 2.05) is 6.92 Å². The molecule has 8 nitrogen and oxygen atoms in total. The molecule has 0 unspecified atom stereocenters. The molecule has 0 bridgehead atoms. The Morgan fingerprint density at radius 3 is 2.45 bits per heavy atom. The molecule has 6 rings (SSSR count). The third-order valence-electron chi connectivity index (χ3n) is 8.75. The van der Waals surface area contributed by atoms with E-state index in [9.17, 15) is 27.6 Å². The van der Waals surface area contributed by atoms with Crippen LogP contribution in [0.25, 0.3) is 11.1 Å². The average molecular weight is 643 g/mol. The molecule has 1 fully saturated rings. The lowest BCUT2D eigenvalue weighted by atomic mass is 9.87. The maximum Gasteiger partial charge on any atom is 0.416 e. The van der Waals surface area contributed by atoms with Crippen LogP contribution in [0.5, 0.6) is 0 Å². The minimum absolute atomic E-state index is 0.0575. The van der Waals surface area contributed by atoms with Crippen LogP contribution in [-0.4, -0.2) is 45.8 Å². The third kappa shape index (κ3) is 6.22. The number of ether oxygens (including phenoxy) is 1. The molecule has 4 heterocycles. The highest BCUT2D eigenvalue weighted by atomic mass is 19.4. The van der Waals surface area contributed by atoms with Crippen LogP contribution in [-0.2, 0) is 23.8 Å². The van der Waals surface area contributed by atoms with Gasteiger partial charge in [-0.1, -0.05) is 30.3 Å². The quantitative estimate of drug-likeness (QED) is 0.199. The topological polar surface area (TPSA) is 101 Å². The number of aromatic nitrogens is 2. The number of rotatable bonds is 9. The molecular weight excluding hydrogens is 609 g/mol. The van der Waals surface area contributed by atoms with Crippen molar-refractivity contribution < 1.29 is 32.3 Å². The molecule has 242 valence electrons. The fourth-order valence-corrected chi connectivity index (χ4v) is 6.46. The standard InChI is InChI=1S/C36H33F3N4O4/c1-3-47-35(46)30-27(15-12-22-10-13-24(14-11-22)36(37,38)39)42-32-28-9-6-20-43(28)34(45)31(32)29(30)25-7-4-5-8-26(25)33(44)41-21(2)23-16-18-40-19-17-23/h4-5,7-8,10-11,13-14,16-19,21,28H,3,6,9,12,15,20H2,1-2H3,(H,41,44)/t21-,28+/m1/s1. The number of benzene rings is 2. The van der Waals surface area contributed by atoms with Crippen LogP contribution in [0.2, 0.25) is 0 Å². The number of aryl methyl sites for hydroxylation is 2. The van der Waals surface area contributed by atoms with Crippen molar-refractivity contribution in [3.63, 3.8) is 0 Å². The van der Waals surface area contributed by atoms with E-state index >= 15 is 0 Å². The third-order valence-corrected chi connectivity index (χ3v) is 8.75. The van der Waals surface area contributed by atoms with Gasteiger partial charge in [-0.2, -0.15) is 13.2 Å². The van der Waals surface area contributed by atoms with Crippen LogP contribution in [0.15, 0.2) is 73.1 Å². The molecule has 4 aromatic rings. The molecule has 1 N–H and O–H groups in total. The van der Waals surface area contributed by atoms with Crippen LogP contribution >= 0.6 is 0 Å². The average Bonchev–Trinajstić information content (AvgIpc) is 3.66. The second-order valence-electron chi connectivity index (χ2n) is 11.7. The molecule has 0 saturated carbocycles. The lowest BCUT2D eigenvalue weighted by Gasteiger charge is -2.21. The summed E-state index contributed by atoms with van der Waals surface area (Å²) in [5.41, 5.74) is 2.92. The number of amides is 2.